The lowest BCUT2D eigenvalue weighted by atomic mass is 10.0. The van der Waals surface area contributed by atoms with Crippen molar-refractivity contribution in [3.8, 4) is 0 Å². The van der Waals surface area contributed by atoms with Crippen LogP contribution >= 0.6 is 0 Å². The zero-order valence-electron chi connectivity index (χ0n) is 12.4. The standard InChI is InChI=1S/C18H21NO2/c1-14-5-2-3-6-15(14)8-9-18(20)19-11-10-16(13-19)17-7-4-12-21-17/h2-7,12,16H,8-11,13H2,1H3. The summed E-state index contributed by atoms with van der Waals surface area (Å²) in [4.78, 5) is 14.3. The molecular formula is C18H21NO2. The van der Waals surface area contributed by atoms with E-state index in [1.165, 1.54) is 11.1 Å². The molecule has 0 aliphatic carbocycles. The smallest absolute Gasteiger partial charge is 0.222 e. The number of benzene rings is 1. The van der Waals surface area contributed by atoms with E-state index in [2.05, 4.69) is 19.1 Å². The summed E-state index contributed by atoms with van der Waals surface area (Å²) in [5.41, 5.74) is 2.54. The molecule has 1 aliphatic heterocycles. The van der Waals surface area contributed by atoms with E-state index in [9.17, 15) is 4.79 Å². The SMILES string of the molecule is Cc1ccccc1CCC(=O)N1CCC(c2ccco2)C1. The molecule has 0 saturated carbocycles. The molecular weight excluding hydrogens is 262 g/mol. The Labute approximate surface area is 125 Å². The van der Waals surface area contributed by atoms with Crippen LogP contribution in [-0.4, -0.2) is 23.9 Å². The van der Waals surface area contributed by atoms with Crippen LogP contribution in [0.15, 0.2) is 47.1 Å². The molecule has 1 aliphatic rings. The van der Waals surface area contributed by atoms with Crippen LogP contribution in [-0.2, 0) is 11.2 Å². The normalized spacial score (nSPS) is 18.1. The molecule has 1 unspecified atom stereocenters. The summed E-state index contributed by atoms with van der Waals surface area (Å²) in [5, 5.41) is 0. The summed E-state index contributed by atoms with van der Waals surface area (Å²) in [6.45, 7) is 3.74. The average Bonchev–Trinajstić information content (AvgIpc) is 3.16. The third kappa shape index (κ3) is 3.18. The van der Waals surface area contributed by atoms with E-state index in [4.69, 9.17) is 4.42 Å². The molecule has 1 saturated heterocycles. The molecule has 21 heavy (non-hydrogen) atoms. The molecule has 3 nitrogen and oxygen atoms in total. The third-order valence-electron chi connectivity index (χ3n) is 4.36. The van der Waals surface area contributed by atoms with Gasteiger partial charge in [0.1, 0.15) is 5.76 Å². The van der Waals surface area contributed by atoms with Crippen LogP contribution in [0.5, 0.6) is 0 Å². The number of hydrogen-bond acceptors (Lipinski definition) is 2. The fourth-order valence-corrected chi connectivity index (χ4v) is 3.03. The number of amides is 1. The minimum absolute atomic E-state index is 0.257. The molecule has 3 heteroatoms. The number of hydrogen-bond donors (Lipinski definition) is 0. The van der Waals surface area contributed by atoms with Gasteiger partial charge in [0.25, 0.3) is 0 Å². The molecule has 1 aromatic heterocycles. The van der Waals surface area contributed by atoms with Crippen LogP contribution in [0.3, 0.4) is 0 Å². The van der Waals surface area contributed by atoms with E-state index in [1.54, 1.807) is 6.26 Å². The Morgan fingerprint density at radius 1 is 1.29 bits per heavy atom. The first-order valence-corrected chi connectivity index (χ1v) is 7.59. The van der Waals surface area contributed by atoms with Gasteiger partial charge < -0.3 is 9.32 Å². The topological polar surface area (TPSA) is 33.5 Å². The van der Waals surface area contributed by atoms with Gasteiger partial charge in [0.2, 0.25) is 5.91 Å². The van der Waals surface area contributed by atoms with Gasteiger partial charge in [-0.05, 0) is 43.0 Å². The largest absolute Gasteiger partial charge is 0.469 e. The quantitative estimate of drug-likeness (QED) is 0.860. The van der Waals surface area contributed by atoms with Crippen LogP contribution in [0.1, 0.15) is 35.6 Å². The summed E-state index contributed by atoms with van der Waals surface area (Å²) < 4.78 is 5.45. The summed E-state index contributed by atoms with van der Waals surface area (Å²) in [6.07, 6.45) is 4.13. The lowest BCUT2D eigenvalue weighted by Gasteiger charge is -2.16. The van der Waals surface area contributed by atoms with Gasteiger partial charge in [-0.15, -0.1) is 0 Å². The van der Waals surface area contributed by atoms with E-state index < -0.39 is 0 Å². The summed E-state index contributed by atoms with van der Waals surface area (Å²) >= 11 is 0. The first-order valence-electron chi connectivity index (χ1n) is 7.59. The highest BCUT2D eigenvalue weighted by atomic mass is 16.3. The van der Waals surface area contributed by atoms with Crippen molar-refractivity contribution in [3.05, 3.63) is 59.5 Å². The highest BCUT2D eigenvalue weighted by molar-refractivity contribution is 5.77. The third-order valence-corrected chi connectivity index (χ3v) is 4.36. The zero-order valence-corrected chi connectivity index (χ0v) is 12.4. The van der Waals surface area contributed by atoms with Gasteiger partial charge in [0, 0.05) is 25.4 Å². The van der Waals surface area contributed by atoms with Crippen molar-refractivity contribution in [2.24, 2.45) is 0 Å². The highest BCUT2D eigenvalue weighted by Gasteiger charge is 2.28. The van der Waals surface area contributed by atoms with Gasteiger partial charge in [0.05, 0.1) is 6.26 Å². The fourth-order valence-electron chi connectivity index (χ4n) is 3.03. The fraction of sp³-hybridized carbons (Fsp3) is 0.389. The summed E-state index contributed by atoms with van der Waals surface area (Å²) in [6, 6.07) is 12.2. The molecule has 1 atom stereocenters. The molecule has 3 rings (SSSR count). The van der Waals surface area contributed by atoms with Gasteiger partial charge in [-0.2, -0.15) is 0 Å². The van der Waals surface area contributed by atoms with Crippen molar-refractivity contribution in [2.45, 2.75) is 32.1 Å². The van der Waals surface area contributed by atoms with Crippen molar-refractivity contribution >= 4 is 5.91 Å². The first-order chi connectivity index (χ1) is 10.2. The monoisotopic (exact) mass is 283 g/mol. The molecule has 1 amide bonds. The van der Waals surface area contributed by atoms with E-state index in [0.717, 1.165) is 31.7 Å². The Morgan fingerprint density at radius 3 is 2.90 bits per heavy atom. The zero-order chi connectivity index (χ0) is 14.7. The number of carbonyl (C=O) groups is 1. The minimum atomic E-state index is 0.257. The Balaban J connectivity index is 1.54. The number of aryl methyl sites for hydroxylation is 2. The molecule has 0 radical (unpaired) electrons. The van der Waals surface area contributed by atoms with Crippen molar-refractivity contribution < 1.29 is 9.21 Å². The first kappa shape index (κ1) is 13.9. The van der Waals surface area contributed by atoms with Crippen molar-refractivity contribution in [1.29, 1.82) is 0 Å². The van der Waals surface area contributed by atoms with Crippen LogP contribution in [0.4, 0.5) is 0 Å². The van der Waals surface area contributed by atoms with E-state index >= 15 is 0 Å². The van der Waals surface area contributed by atoms with Crippen LogP contribution < -0.4 is 0 Å². The van der Waals surface area contributed by atoms with Gasteiger partial charge in [-0.25, -0.2) is 0 Å². The van der Waals surface area contributed by atoms with Crippen molar-refractivity contribution in [3.63, 3.8) is 0 Å². The number of likely N-dealkylation sites (tertiary alicyclic amines) is 1. The van der Waals surface area contributed by atoms with Gasteiger partial charge >= 0.3 is 0 Å². The molecule has 0 spiro atoms. The van der Waals surface area contributed by atoms with Gasteiger partial charge in [0.15, 0.2) is 0 Å². The van der Waals surface area contributed by atoms with Crippen LogP contribution in [0.25, 0.3) is 0 Å². The molecule has 0 bridgehead atoms. The van der Waals surface area contributed by atoms with E-state index in [1.807, 2.05) is 29.2 Å². The molecule has 1 aromatic carbocycles. The maximum atomic E-state index is 12.3. The van der Waals surface area contributed by atoms with Gasteiger partial charge in [-0.3, -0.25) is 4.79 Å². The van der Waals surface area contributed by atoms with E-state index in [0.29, 0.717) is 12.3 Å². The summed E-state index contributed by atoms with van der Waals surface area (Å²) in [7, 11) is 0. The minimum Gasteiger partial charge on any atom is -0.469 e. The van der Waals surface area contributed by atoms with E-state index in [-0.39, 0.29) is 5.91 Å². The molecule has 110 valence electrons. The van der Waals surface area contributed by atoms with Gasteiger partial charge in [-0.1, -0.05) is 24.3 Å². The molecule has 0 N–H and O–H groups in total. The lowest BCUT2D eigenvalue weighted by Crippen LogP contribution is -2.28. The maximum absolute atomic E-state index is 12.3. The van der Waals surface area contributed by atoms with Crippen LogP contribution in [0, 0.1) is 6.92 Å². The Hall–Kier alpha value is -2.03. The predicted molar refractivity (Wildman–Crippen MR) is 82.1 cm³/mol. The molecule has 2 aromatic rings. The predicted octanol–water partition coefficient (Wildman–Crippen LogP) is 3.54. The number of nitrogens with zero attached hydrogens (tertiary/aromatic N) is 1. The maximum Gasteiger partial charge on any atom is 0.222 e. The second-order valence-electron chi connectivity index (χ2n) is 5.77. The number of rotatable bonds is 4. The average molecular weight is 283 g/mol. The number of carbonyl (C=O) groups excluding carboxylic acids is 1. The Kier molecular flexibility index (Phi) is 4.09. The second-order valence-corrected chi connectivity index (χ2v) is 5.77. The highest BCUT2D eigenvalue weighted by Crippen LogP contribution is 2.27. The van der Waals surface area contributed by atoms with Crippen molar-refractivity contribution in [2.75, 3.05) is 13.1 Å². The Morgan fingerprint density at radius 2 is 2.14 bits per heavy atom. The molecule has 1 fully saturated rings. The molecule has 2 heterocycles. The van der Waals surface area contributed by atoms with Crippen LogP contribution in [0.2, 0.25) is 0 Å². The summed E-state index contributed by atoms with van der Waals surface area (Å²) in [5.74, 6) is 1.62. The number of furan rings is 1. The van der Waals surface area contributed by atoms with Crippen molar-refractivity contribution in [1.82, 2.24) is 4.90 Å². The lowest BCUT2D eigenvalue weighted by molar-refractivity contribution is -0.130. The Bertz CT molecular complexity index is 603. The second kappa shape index (κ2) is 6.17.